The summed E-state index contributed by atoms with van der Waals surface area (Å²) in [6.07, 6.45) is 0. The Kier molecular flexibility index (Phi) is 6.14. The van der Waals surface area contributed by atoms with E-state index in [0.717, 1.165) is 0 Å². The van der Waals surface area contributed by atoms with E-state index >= 15 is 0 Å². The molecule has 0 heterocycles. The second-order valence-electron chi connectivity index (χ2n) is 6.11. The molecule has 3 rings (SSSR count). The van der Waals surface area contributed by atoms with Crippen LogP contribution in [0, 0.1) is 0 Å². The van der Waals surface area contributed by atoms with Crippen molar-refractivity contribution in [3.8, 4) is 0 Å². The average molecular weight is 426 g/mol. The minimum Gasteiger partial charge on any atom is -0.478 e. The first-order valence-electron chi connectivity index (χ1n) is 8.72. The number of amides is 1. The molecule has 0 saturated carbocycles. The number of nitrogens with one attached hydrogen (secondary N) is 1. The number of sulfonamides is 1. The van der Waals surface area contributed by atoms with Crippen LogP contribution in [0.1, 0.15) is 20.7 Å². The van der Waals surface area contributed by atoms with Gasteiger partial charge in [0.15, 0.2) is 0 Å². The Morgan fingerprint density at radius 3 is 2.17 bits per heavy atom. The van der Waals surface area contributed by atoms with E-state index in [9.17, 15) is 18.0 Å². The largest absolute Gasteiger partial charge is 0.478 e. The van der Waals surface area contributed by atoms with Crippen molar-refractivity contribution in [2.75, 3.05) is 16.9 Å². The predicted octanol–water partition coefficient (Wildman–Crippen LogP) is 3.39. The number of carboxylic acids is 1. The molecule has 1 amide bonds. The summed E-state index contributed by atoms with van der Waals surface area (Å²) in [7, 11) is -2.98. The summed E-state index contributed by atoms with van der Waals surface area (Å²) in [5, 5.41) is 11.7. The van der Waals surface area contributed by atoms with E-state index in [1.54, 1.807) is 30.3 Å². The van der Waals surface area contributed by atoms with Crippen LogP contribution in [0.25, 0.3) is 0 Å². The molecular weight excluding hydrogens is 408 g/mol. The number of hydrogen-bond acceptors (Lipinski definition) is 5. The van der Waals surface area contributed by atoms with E-state index in [4.69, 9.17) is 9.94 Å². The molecule has 0 saturated heterocycles. The minimum atomic E-state index is -4.16. The van der Waals surface area contributed by atoms with Gasteiger partial charge in [0.25, 0.3) is 15.9 Å². The molecule has 30 heavy (non-hydrogen) atoms. The van der Waals surface area contributed by atoms with Crippen molar-refractivity contribution in [1.29, 1.82) is 0 Å². The Morgan fingerprint density at radius 2 is 1.57 bits per heavy atom. The highest BCUT2D eigenvalue weighted by Gasteiger charge is 2.26. The van der Waals surface area contributed by atoms with Crippen molar-refractivity contribution in [3.63, 3.8) is 0 Å². The summed E-state index contributed by atoms with van der Waals surface area (Å²) in [6, 6.07) is 19.5. The number of carboxylic acid groups (broad SMARTS) is 1. The van der Waals surface area contributed by atoms with Crippen LogP contribution >= 0.6 is 0 Å². The summed E-state index contributed by atoms with van der Waals surface area (Å²) < 4.78 is 26.6. The Balaban J connectivity index is 1.90. The third-order valence-corrected chi connectivity index (χ3v) is 5.80. The van der Waals surface area contributed by atoms with Crippen LogP contribution in [0.2, 0.25) is 0 Å². The molecule has 2 N–H and O–H groups in total. The Labute approximate surface area is 173 Å². The monoisotopic (exact) mass is 426 g/mol. The lowest BCUT2D eigenvalue weighted by Gasteiger charge is -2.22. The van der Waals surface area contributed by atoms with Crippen LogP contribution in [-0.4, -0.2) is 32.5 Å². The molecule has 8 nitrogen and oxygen atoms in total. The van der Waals surface area contributed by atoms with Crippen molar-refractivity contribution in [3.05, 3.63) is 90.0 Å². The second kappa shape index (κ2) is 8.76. The molecule has 0 atom stereocenters. The van der Waals surface area contributed by atoms with Crippen LogP contribution in [0.4, 0.5) is 11.4 Å². The van der Waals surface area contributed by atoms with Gasteiger partial charge in [0.2, 0.25) is 0 Å². The SMILES string of the molecule is CON(c1cccc(C(=O)Nc2ccccc2)c1)S(=O)(=O)c1ccc(C(=O)O)cc1. The first kappa shape index (κ1) is 21.0. The molecule has 0 unspecified atom stereocenters. The lowest BCUT2D eigenvalue weighted by Crippen LogP contribution is -2.30. The lowest BCUT2D eigenvalue weighted by molar-refractivity contribution is 0.0696. The second-order valence-corrected chi connectivity index (χ2v) is 7.87. The minimum absolute atomic E-state index is 0.0440. The van der Waals surface area contributed by atoms with Crippen molar-refractivity contribution in [2.45, 2.75) is 4.90 Å². The van der Waals surface area contributed by atoms with Gasteiger partial charge in [-0.25, -0.2) is 4.79 Å². The van der Waals surface area contributed by atoms with E-state index in [-0.39, 0.29) is 21.7 Å². The summed E-state index contributed by atoms with van der Waals surface area (Å²) in [6.45, 7) is 0. The quantitative estimate of drug-likeness (QED) is 0.560. The van der Waals surface area contributed by atoms with Gasteiger partial charge in [-0.15, -0.1) is 4.47 Å². The maximum atomic E-state index is 13.0. The van der Waals surface area contributed by atoms with Crippen LogP contribution in [0.5, 0.6) is 0 Å². The fourth-order valence-corrected chi connectivity index (χ4v) is 3.95. The average Bonchev–Trinajstić information content (AvgIpc) is 2.75. The Hall–Kier alpha value is -3.69. The smallest absolute Gasteiger partial charge is 0.335 e. The lowest BCUT2D eigenvalue weighted by atomic mass is 10.2. The van der Waals surface area contributed by atoms with Crippen molar-refractivity contribution in [2.24, 2.45) is 0 Å². The van der Waals surface area contributed by atoms with Gasteiger partial charge >= 0.3 is 5.97 Å². The normalized spacial score (nSPS) is 11.0. The zero-order valence-corrected chi connectivity index (χ0v) is 16.7. The molecular formula is C21H18N2O6S. The number of carbonyl (C=O) groups excluding carboxylic acids is 1. The molecule has 0 fully saturated rings. The first-order chi connectivity index (χ1) is 14.3. The van der Waals surface area contributed by atoms with Gasteiger partial charge in [-0.05, 0) is 54.6 Å². The van der Waals surface area contributed by atoms with E-state index in [2.05, 4.69) is 5.32 Å². The molecule has 3 aromatic rings. The number of rotatable bonds is 7. The number of carbonyl (C=O) groups is 2. The van der Waals surface area contributed by atoms with Gasteiger partial charge in [0.1, 0.15) is 0 Å². The summed E-state index contributed by atoms with van der Waals surface area (Å²) in [5.41, 5.74) is 0.899. The van der Waals surface area contributed by atoms with E-state index in [1.807, 2.05) is 6.07 Å². The predicted molar refractivity (Wildman–Crippen MR) is 111 cm³/mol. The van der Waals surface area contributed by atoms with Gasteiger partial charge in [-0.1, -0.05) is 24.3 Å². The number of para-hydroxylation sites is 1. The van der Waals surface area contributed by atoms with Gasteiger partial charge in [0, 0.05) is 11.3 Å². The molecule has 0 spiro atoms. The third kappa shape index (κ3) is 4.48. The molecule has 0 aliphatic carbocycles. The van der Waals surface area contributed by atoms with E-state index in [1.165, 1.54) is 49.6 Å². The van der Waals surface area contributed by atoms with E-state index < -0.39 is 21.9 Å². The van der Waals surface area contributed by atoms with Gasteiger partial charge in [0.05, 0.1) is 23.3 Å². The highest BCUT2D eigenvalue weighted by Crippen LogP contribution is 2.25. The molecule has 9 heteroatoms. The zero-order valence-electron chi connectivity index (χ0n) is 15.8. The zero-order chi connectivity index (χ0) is 21.7. The molecule has 0 aliphatic rings. The van der Waals surface area contributed by atoms with Gasteiger partial charge in [-0.2, -0.15) is 8.42 Å². The van der Waals surface area contributed by atoms with Crippen LogP contribution in [0.15, 0.2) is 83.8 Å². The number of benzene rings is 3. The fourth-order valence-electron chi connectivity index (χ4n) is 2.69. The van der Waals surface area contributed by atoms with Crippen molar-refractivity contribution >= 4 is 33.3 Å². The Morgan fingerprint density at radius 1 is 0.900 bits per heavy atom. The highest BCUT2D eigenvalue weighted by molar-refractivity contribution is 7.92. The highest BCUT2D eigenvalue weighted by atomic mass is 32.2. The number of hydrogen-bond donors (Lipinski definition) is 2. The standard InChI is InChI=1S/C21H18N2O6S/c1-29-23(30(27,28)19-12-10-15(11-13-19)21(25)26)18-9-5-6-16(14-18)20(24)22-17-7-3-2-4-8-17/h2-14H,1H3,(H,22,24)(H,25,26). The number of aromatic carboxylic acids is 1. The van der Waals surface area contributed by atoms with Crippen LogP contribution in [-0.2, 0) is 14.9 Å². The molecule has 0 radical (unpaired) electrons. The summed E-state index contributed by atoms with van der Waals surface area (Å²) >= 11 is 0. The number of anilines is 2. The first-order valence-corrected chi connectivity index (χ1v) is 10.2. The number of nitrogens with zero attached hydrogens (tertiary/aromatic N) is 1. The maximum Gasteiger partial charge on any atom is 0.335 e. The maximum absolute atomic E-state index is 13.0. The molecule has 0 aliphatic heterocycles. The topological polar surface area (TPSA) is 113 Å². The fraction of sp³-hybridized carbons (Fsp3) is 0.0476. The van der Waals surface area contributed by atoms with Crippen LogP contribution in [0.3, 0.4) is 0 Å². The molecule has 154 valence electrons. The van der Waals surface area contributed by atoms with Crippen molar-refractivity contribution in [1.82, 2.24) is 0 Å². The summed E-state index contributed by atoms with van der Waals surface area (Å²) in [4.78, 5) is 28.4. The third-order valence-electron chi connectivity index (χ3n) is 4.13. The Bertz CT molecular complexity index is 1160. The molecule has 0 bridgehead atoms. The molecule has 3 aromatic carbocycles. The van der Waals surface area contributed by atoms with Gasteiger partial charge in [-0.3, -0.25) is 9.63 Å². The summed E-state index contributed by atoms with van der Waals surface area (Å²) in [5.74, 6) is -1.58. The van der Waals surface area contributed by atoms with Crippen LogP contribution < -0.4 is 9.79 Å². The molecule has 0 aromatic heterocycles. The van der Waals surface area contributed by atoms with Crippen molar-refractivity contribution < 1.29 is 28.0 Å². The van der Waals surface area contributed by atoms with Gasteiger partial charge < -0.3 is 10.4 Å². The van der Waals surface area contributed by atoms with E-state index in [0.29, 0.717) is 10.2 Å².